The lowest BCUT2D eigenvalue weighted by atomic mass is 10.1. The van der Waals surface area contributed by atoms with Gasteiger partial charge >= 0.3 is 5.97 Å². The summed E-state index contributed by atoms with van der Waals surface area (Å²) in [6.45, 7) is 3.82. The summed E-state index contributed by atoms with van der Waals surface area (Å²) >= 11 is 0. The number of benzene rings is 1. The van der Waals surface area contributed by atoms with E-state index in [0.29, 0.717) is 23.4 Å². The molecule has 19 heavy (non-hydrogen) atoms. The molecule has 0 aromatic heterocycles. The molecule has 0 fully saturated rings. The van der Waals surface area contributed by atoms with Gasteiger partial charge in [0.15, 0.2) is 0 Å². The van der Waals surface area contributed by atoms with E-state index in [1.165, 1.54) is 0 Å². The number of carbonyl (C=O) groups is 1. The zero-order valence-corrected chi connectivity index (χ0v) is 10.6. The van der Waals surface area contributed by atoms with Gasteiger partial charge in [-0.1, -0.05) is 0 Å². The first-order valence-corrected chi connectivity index (χ1v) is 5.54. The summed E-state index contributed by atoms with van der Waals surface area (Å²) < 4.78 is 4.91. The standard InChI is InChI=1S/C13H12N4O2/c1-3-19-13(18)12-5-4-10(6-9(12)2)16-17-11(7-14)8-15/h4-6,16H,3H2,1-2H3. The number of nitrogens with one attached hydrogen (secondary N) is 1. The van der Waals surface area contributed by atoms with E-state index in [0.717, 1.165) is 0 Å². The molecule has 0 bridgehead atoms. The van der Waals surface area contributed by atoms with E-state index in [9.17, 15) is 4.79 Å². The fraction of sp³-hybridized carbons (Fsp3) is 0.231. The van der Waals surface area contributed by atoms with Crippen molar-refractivity contribution in [1.82, 2.24) is 0 Å². The second kappa shape index (κ2) is 6.77. The van der Waals surface area contributed by atoms with Crippen LogP contribution in [-0.2, 0) is 4.74 Å². The Kier molecular flexibility index (Phi) is 5.06. The van der Waals surface area contributed by atoms with E-state index in [2.05, 4.69) is 10.5 Å². The highest BCUT2D eigenvalue weighted by Gasteiger charge is 2.09. The number of hydrogen-bond acceptors (Lipinski definition) is 6. The van der Waals surface area contributed by atoms with Gasteiger partial charge < -0.3 is 4.74 Å². The monoisotopic (exact) mass is 256 g/mol. The summed E-state index contributed by atoms with van der Waals surface area (Å²) in [6, 6.07) is 8.17. The van der Waals surface area contributed by atoms with Crippen molar-refractivity contribution in [3.63, 3.8) is 0 Å². The highest BCUT2D eigenvalue weighted by molar-refractivity contribution is 6.10. The van der Waals surface area contributed by atoms with Crippen LogP contribution in [0.2, 0.25) is 0 Å². The number of aryl methyl sites for hydroxylation is 1. The molecule has 6 nitrogen and oxygen atoms in total. The number of ether oxygens (including phenoxy) is 1. The summed E-state index contributed by atoms with van der Waals surface area (Å²) in [6.07, 6.45) is 0. The molecular weight excluding hydrogens is 244 g/mol. The third-order valence-corrected chi connectivity index (χ3v) is 2.23. The van der Waals surface area contributed by atoms with Gasteiger partial charge in [-0.05, 0) is 37.6 Å². The predicted molar refractivity (Wildman–Crippen MR) is 69.4 cm³/mol. The topological polar surface area (TPSA) is 98.3 Å². The Hall–Kier alpha value is -2.86. The molecule has 0 atom stereocenters. The molecule has 6 heteroatoms. The molecule has 0 radical (unpaired) electrons. The molecule has 0 unspecified atom stereocenters. The number of nitriles is 2. The first kappa shape index (κ1) is 14.2. The Morgan fingerprint density at radius 2 is 2.11 bits per heavy atom. The van der Waals surface area contributed by atoms with Crippen molar-refractivity contribution >= 4 is 17.4 Å². The summed E-state index contributed by atoms with van der Waals surface area (Å²) in [5.74, 6) is -0.384. The average Bonchev–Trinajstić information content (AvgIpc) is 2.40. The van der Waals surface area contributed by atoms with Gasteiger partial charge in [0.2, 0.25) is 5.71 Å². The van der Waals surface area contributed by atoms with Crippen molar-refractivity contribution in [3.8, 4) is 12.1 Å². The second-order valence-electron chi connectivity index (χ2n) is 3.55. The van der Waals surface area contributed by atoms with Crippen molar-refractivity contribution in [2.45, 2.75) is 13.8 Å². The molecule has 1 N–H and O–H groups in total. The molecule has 0 saturated heterocycles. The Morgan fingerprint density at radius 1 is 1.42 bits per heavy atom. The minimum atomic E-state index is -0.384. The summed E-state index contributed by atoms with van der Waals surface area (Å²) in [5.41, 5.74) is 4.07. The fourth-order valence-corrected chi connectivity index (χ4v) is 1.37. The van der Waals surface area contributed by atoms with Crippen molar-refractivity contribution in [1.29, 1.82) is 10.5 Å². The van der Waals surface area contributed by atoms with Gasteiger partial charge in [0.05, 0.1) is 17.9 Å². The summed E-state index contributed by atoms with van der Waals surface area (Å²) in [4.78, 5) is 11.6. The van der Waals surface area contributed by atoms with Crippen molar-refractivity contribution in [3.05, 3.63) is 29.3 Å². The number of carbonyl (C=O) groups excluding carboxylic acids is 1. The Balaban J connectivity index is 2.90. The van der Waals surface area contributed by atoms with Gasteiger partial charge in [0.1, 0.15) is 12.1 Å². The van der Waals surface area contributed by atoms with Crippen LogP contribution in [0.15, 0.2) is 23.3 Å². The van der Waals surface area contributed by atoms with Gasteiger partial charge in [-0.15, -0.1) is 0 Å². The maximum absolute atomic E-state index is 11.6. The normalized spacial score (nSPS) is 8.84. The lowest BCUT2D eigenvalue weighted by molar-refractivity contribution is 0.0525. The second-order valence-corrected chi connectivity index (χ2v) is 3.55. The molecule has 0 saturated carbocycles. The SMILES string of the molecule is CCOC(=O)c1ccc(NN=C(C#N)C#N)cc1C. The fourth-order valence-electron chi connectivity index (χ4n) is 1.37. The largest absolute Gasteiger partial charge is 0.462 e. The van der Waals surface area contributed by atoms with Crippen LogP contribution in [0.25, 0.3) is 0 Å². The van der Waals surface area contributed by atoms with Gasteiger partial charge in [-0.2, -0.15) is 15.6 Å². The van der Waals surface area contributed by atoms with Gasteiger partial charge in [-0.25, -0.2) is 4.79 Å². The Labute approximate surface area is 110 Å². The van der Waals surface area contributed by atoms with Crippen LogP contribution in [0.3, 0.4) is 0 Å². The molecule has 0 spiro atoms. The predicted octanol–water partition coefficient (Wildman–Crippen LogP) is 1.99. The molecule has 96 valence electrons. The Morgan fingerprint density at radius 3 is 2.63 bits per heavy atom. The molecule has 1 aromatic rings. The van der Waals surface area contributed by atoms with Gasteiger partial charge in [-0.3, -0.25) is 5.43 Å². The third kappa shape index (κ3) is 3.83. The molecule has 0 heterocycles. The van der Waals surface area contributed by atoms with E-state index in [-0.39, 0.29) is 11.7 Å². The minimum Gasteiger partial charge on any atom is -0.462 e. The van der Waals surface area contributed by atoms with E-state index < -0.39 is 0 Å². The average molecular weight is 256 g/mol. The Bertz CT molecular complexity index is 578. The number of nitrogens with zero attached hydrogens (tertiary/aromatic N) is 3. The highest BCUT2D eigenvalue weighted by Crippen LogP contribution is 2.16. The number of anilines is 1. The highest BCUT2D eigenvalue weighted by atomic mass is 16.5. The third-order valence-electron chi connectivity index (χ3n) is 2.23. The van der Waals surface area contributed by atoms with Gasteiger partial charge in [0.25, 0.3) is 0 Å². The van der Waals surface area contributed by atoms with E-state index >= 15 is 0 Å². The molecule has 1 aromatic carbocycles. The van der Waals surface area contributed by atoms with Crippen molar-refractivity contribution in [2.24, 2.45) is 5.10 Å². The van der Waals surface area contributed by atoms with Crippen molar-refractivity contribution in [2.75, 3.05) is 12.0 Å². The summed E-state index contributed by atoms with van der Waals surface area (Å²) in [7, 11) is 0. The van der Waals surface area contributed by atoms with Crippen LogP contribution in [0.5, 0.6) is 0 Å². The minimum absolute atomic E-state index is 0.271. The lowest BCUT2D eigenvalue weighted by Crippen LogP contribution is -2.07. The lowest BCUT2D eigenvalue weighted by Gasteiger charge is -2.07. The van der Waals surface area contributed by atoms with Crippen LogP contribution in [0.1, 0.15) is 22.8 Å². The smallest absolute Gasteiger partial charge is 0.338 e. The quantitative estimate of drug-likeness (QED) is 0.504. The molecule has 1 rings (SSSR count). The van der Waals surface area contributed by atoms with E-state index in [4.69, 9.17) is 15.3 Å². The molecule has 0 aliphatic carbocycles. The van der Waals surface area contributed by atoms with Crippen LogP contribution in [-0.4, -0.2) is 18.3 Å². The molecule has 0 aliphatic heterocycles. The van der Waals surface area contributed by atoms with E-state index in [1.807, 2.05) is 0 Å². The molecular formula is C13H12N4O2. The maximum atomic E-state index is 11.6. The zero-order valence-electron chi connectivity index (χ0n) is 10.6. The van der Waals surface area contributed by atoms with Crippen LogP contribution < -0.4 is 5.43 Å². The number of hydrogen-bond donors (Lipinski definition) is 1. The van der Waals surface area contributed by atoms with Crippen molar-refractivity contribution < 1.29 is 9.53 Å². The number of esters is 1. The first-order valence-electron chi connectivity index (χ1n) is 5.54. The summed E-state index contributed by atoms with van der Waals surface area (Å²) in [5, 5.41) is 20.7. The molecule has 0 amide bonds. The first-order chi connectivity index (χ1) is 9.12. The van der Waals surface area contributed by atoms with Crippen LogP contribution >= 0.6 is 0 Å². The van der Waals surface area contributed by atoms with Gasteiger partial charge in [0, 0.05) is 0 Å². The maximum Gasteiger partial charge on any atom is 0.338 e. The molecule has 0 aliphatic rings. The zero-order chi connectivity index (χ0) is 14.3. The van der Waals surface area contributed by atoms with Crippen LogP contribution in [0.4, 0.5) is 5.69 Å². The number of rotatable bonds is 4. The number of hydrazone groups is 1. The van der Waals surface area contributed by atoms with E-state index in [1.54, 1.807) is 44.2 Å². The van der Waals surface area contributed by atoms with Crippen LogP contribution in [0, 0.1) is 29.6 Å².